The molecule has 20 heavy (non-hydrogen) atoms. The van der Waals surface area contributed by atoms with Gasteiger partial charge in [0.1, 0.15) is 8.07 Å². The lowest BCUT2D eigenvalue weighted by molar-refractivity contribution is 0.530. The van der Waals surface area contributed by atoms with Gasteiger partial charge in [0.15, 0.2) is 0 Å². The molecule has 0 saturated heterocycles. The van der Waals surface area contributed by atoms with Crippen LogP contribution >= 0.6 is 0 Å². The van der Waals surface area contributed by atoms with Crippen LogP contribution in [-0.2, 0) is 0 Å². The van der Waals surface area contributed by atoms with Gasteiger partial charge in [-0.15, -0.1) is 0 Å². The first-order valence-corrected chi connectivity index (χ1v) is 9.96. The Morgan fingerprint density at radius 1 is 0.800 bits per heavy atom. The topological polar surface area (TPSA) is 12.0 Å². The highest BCUT2D eigenvalue weighted by Gasteiger charge is 2.40. The van der Waals surface area contributed by atoms with Gasteiger partial charge in [0.2, 0.25) is 0 Å². The number of rotatable bonds is 5. The Kier molecular flexibility index (Phi) is 4.79. The second-order valence-electron chi connectivity index (χ2n) is 5.94. The smallest absolute Gasteiger partial charge is 0.131 e. The van der Waals surface area contributed by atoms with E-state index in [-0.39, 0.29) is 0 Å². The van der Waals surface area contributed by atoms with E-state index in [1.54, 1.807) is 0 Å². The molecule has 1 nitrogen and oxygen atoms in total. The van der Waals surface area contributed by atoms with Crippen molar-refractivity contribution in [3.63, 3.8) is 0 Å². The van der Waals surface area contributed by atoms with Crippen molar-refractivity contribution in [2.24, 2.45) is 5.92 Å². The maximum Gasteiger partial charge on any atom is 0.131 e. The third-order valence-electron chi connectivity index (χ3n) is 4.35. The molecule has 2 aromatic rings. The molecular formula is C18H25NSi. The van der Waals surface area contributed by atoms with E-state index in [4.69, 9.17) is 0 Å². The van der Waals surface area contributed by atoms with Crippen molar-refractivity contribution in [3.8, 4) is 0 Å². The highest BCUT2D eigenvalue weighted by molar-refractivity contribution is 7.02. The van der Waals surface area contributed by atoms with E-state index in [1.807, 2.05) is 0 Å². The van der Waals surface area contributed by atoms with E-state index in [1.165, 1.54) is 10.4 Å². The maximum absolute atomic E-state index is 3.60. The summed E-state index contributed by atoms with van der Waals surface area (Å²) >= 11 is 0. The van der Waals surface area contributed by atoms with Crippen molar-refractivity contribution in [1.82, 2.24) is 5.32 Å². The minimum Gasteiger partial charge on any atom is -0.318 e. The van der Waals surface area contributed by atoms with Crippen molar-refractivity contribution in [1.29, 1.82) is 0 Å². The zero-order chi connectivity index (χ0) is 14.6. The molecule has 0 fully saturated rings. The van der Waals surface area contributed by atoms with Crippen molar-refractivity contribution in [2.45, 2.75) is 26.1 Å². The van der Waals surface area contributed by atoms with Crippen LogP contribution in [0.5, 0.6) is 0 Å². The molecule has 106 valence electrons. The highest BCUT2D eigenvalue weighted by Crippen LogP contribution is 2.17. The molecule has 2 aromatic carbocycles. The Morgan fingerprint density at radius 3 is 1.50 bits per heavy atom. The molecular weight excluding hydrogens is 258 g/mol. The summed E-state index contributed by atoms with van der Waals surface area (Å²) < 4.78 is 0. The van der Waals surface area contributed by atoms with E-state index in [2.05, 4.69) is 93.4 Å². The zero-order valence-corrected chi connectivity index (χ0v) is 13.9. The second kappa shape index (κ2) is 6.38. The fourth-order valence-corrected chi connectivity index (χ4v) is 8.12. The number of hydrogen-bond donors (Lipinski definition) is 1. The van der Waals surface area contributed by atoms with Crippen molar-refractivity contribution in [3.05, 3.63) is 60.7 Å². The molecule has 0 aromatic heterocycles. The monoisotopic (exact) mass is 283 g/mol. The summed E-state index contributed by atoms with van der Waals surface area (Å²) in [5.74, 6) is 0.608. The van der Waals surface area contributed by atoms with Gasteiger partial charge < -0.3 is 5.32 Å². The molecule has 0 aliphatic rings. The van der Waals surface area contributed by atoms with Gasteiger partial charge in [-0.3, -0.25) is 0 Å². The van der Waals surface area contributed by atoms with Gasteiger partial charge in [-0.05, 0) is 13.0 Å². The lowest BCUT2D eigenvalue weighted by Gasteiger charge is -2.39. The summed E-state index contributed by atoms with van der Waals surface area (Å²) in [6.45, 7) is 7.12. The van der Waals surface area contributed by atoms with Crippen LogP contribution in [0.4, 0.5) is 0 Å². The summed E-state index contributed by atoms with van der Waals surface area (Å²) in [5, 5.41) is 6.60. The minimum absolute atomic E-state index is 0.521. The molecule has 0 aliphatic carbocycles. The summed E-state index contributed by atoms with van der Waals surface area (Å²) in [6, 6.07) is 22.1. The summed E-state index contributed by atoms with van der Waals surface area (Å²) in [4.78, 5) is 0. The van der Waals surface area contributed by atoms with Crippen LogP contribution in [0, 0.1) is 5.92 Å². The fraction of sp³-hybridized carbons (Fsp3) is 0.333. The molecule has 0 saturated carbocycles. The molecule has 0 radical (unpaired) electrons. The average molecular weight is 283 g/mol. The van der Waals surface area contributed by atoms with Crippen molar-refractivity contribution in [2.75, 3.05) is 7.05 Å². The Hall–Kier alpha value is -1.38. The molecule has 2 heteroatoms. The fourth-order valence-electron chi connectivity index (χ4n) is 3.38. The molecule has 2 rings (SSSR count). The second-order valence-corrected chi connectivity index (χ2v) is 10.1. The van der Waals surface area contributed by atoms with E-state index in [9.17, 15) is 0 Å². The maximum atomic E-state index is 3.60. The SMILES string of the molecule is CNC(C(C)C)[Si](C)(c1ccccc1)c1ccccc1. The van der Waals surface area contributed by atoms with Gasteiger partial charge in [0.05, 0.1) is 0 Å². The van der Waals surface area contributed by atoms with Crippen molar-refractivity contribution >= 4 is 18.4 Å². The van der Waals surface area contributed by atoms with E-state index in [0.29, 0.717) is 11.6 Å². The normalized spacial score (nSPS) is 13.4. The lowest BCUT2D eigenvalue weighted by Crippen LogP contribution is -2.69. The molecule has 0 bridgehead atoms. The largest absolute Gasteiger partial charge is 0.318 e. The Bertz CT molecular complexity index is 482. The van der Waals surface area contributed by atoms with Crippen LogP contribution in [-0.4, -0.2) is 20.8 Å². The van der Waals surface area contributed by atoms with Gasteiger partial charge in [0.25, 0.3) is 0 Å². The van der Waals surface area contributed by atoms with E-state index in [0.717, 1.165) is 0 Å². The third-order valence-corrected chi connectivity index (χ3v) is 9.61. The Balaban J connectivity index is 2.60. The van der Waals surface area contributed by atoms with Crippen LogP contribution in [0.1, 0.15) is 13.8 Å². The summed E-state index contributed by atoms with van der Waals surface area (Å²) in [6.07, 6.45) is 0. The highest BCUT2D eigenvalue weighted by atomic mass is 28.3. The first kappa shape index (κ1) is 15.0. The van der Waals surface area contributed by atoms with Gasteiger partial charge in [0, 0.05) is 5.67 Å². The number of nitrogens with one attached hydrogen (secondary N) is 1. The Morgan fingerprint density at radius 2 is 1.20 bits per heavy atom. The summed E-state index contributed by atoms with van der Waals surface area (Å²) in [7, 11) is 0.294. The third kappa shape index (κ3) is 2.72. The van der Waals surface area contributed by atoms with Crippen LogP contribution in [0.15, 0.2) is 60.7 Å². The van der Waals surface area contributed by atoms with Crippen LogP contribution < -0.4 is 15.7 Å². The van der Waals surface area contributed by atoms with Gasteiger partial charge in [-0.2, -0.15) is 0 Å². The zero-order valence-electron chi connectivity index (χ0n) is 12.9. The lowest BCUT2D eigenvalue weighted by atomic mass is 10.2. The molecule has 0 spiro atoms. The first-order chi connectivity index (χ1) is 9.60. The minimum atomic E-state index is -1.81. The number of benzene rings is 2. The van der Waals surface area contributed by atoms with Gasteiger partial charge in [-0.1, -0.05) is 91.4 Å². The first-order valence-electron chi connectivity index (χ1n) is 7.39. The molecule has 0 aliphatic heterocycles. The molecule has 0 amide bonds. The number of hydrogen-bond acceptors (Lipinski definition) is 1. The van der Waals surface area contributed by atoms with Gasteiger partial charge >= 0.3 is 0 Å². The van der Waals surface area contributed by atoms with Gasteiger partial charge in [-0.25, -0.2) is 0 Å². The van der Waals surface area contributed by atoms with E-state index >= 15 is 0 Å². The van der Waals surface area contributed by atoms with Crippen LogP contribution in [0.25, 0.3) is 0 Å². The summed E-state index contributed by atoms with van der Waals surface area (Å²) in [5.41, 5.74) is 0.521. The Labute approximate surface area is 124 Å². The predicted octanol–water partition coefficient (Wildman–Crippen LogP) is 2.66. The standard InChI is InChI=1S/C18H25NSi/c1-15(2)18(19-3)20(4,16-11-7-5-8-12-16)17-13-9-6-10-14-17/h5-15,18-19H,1-4H3. The molecule has 1 unspecified atom stereocenters. The molecule has 1 N–H and O–H groups in total. The van der Waals surface area contributed by atoms with Crippen molar-refractivity contribution < 1.29 is 0 Å². The average Bonchev–Trinajstić information content (AvgIpc) is 2.49. The van der Waals surface area contributed by atoms with Crippen LogP contribution in [0.2, 0.25) is 6.55 Å². The quantitative estimate of drug-likeness (QED) is 0.832. The van der Waals surface area contributed by atoms with Crippen LogP contribution in [0.3, 0.4) is 0 Å². The predicted molar refractivity (Wildman–Crippen MR) is 91.5 cm³/mol. The molecule has 1 atom stereocenters. The van der Waals surface area contributed by atoms with E-state index < -0.39 is 8.07 Å². The molecule has 0 heterocycles.